The number of carbonyl (C=O) groups is 1. The molecule has 158 valence electrons. The van der Waals surface area contributed by atoms with Crippen LogP contribution >= 0.6 is 23.2 Å². The number of nitrogens with one attached hydrogen (secondary N) is 2. The Morgan fingerprint density at radius 3 is 2.57 bits per heavy atom. The molecule has 2 aromatic rings. The van der Waals surface area contributed by atoms with E-state index in [9.17, 15) is 4.79 Å². The summed E-state index contributed by atoms with van der Waals surface area (Å²) in [5.41, 5.74) is 2.94. The van der Waals surface area contributed by atoms with E-state index in [1.807, 2.05) is 30.3 Å². The summed E-state index contributed by atoms with van der Waals surface area (Å²) in [7, 11) is 0. The Bertz CT molecular complexity index is 914. The second-order valence-electron chi connectivity index (χ2n) is 7.98. The van der Waals surface area contributed by atoms with Crippen molar-refractivity contribution in [3.8, 4) is 0 Å². The van der Waals surface area contributed by atoms with E-state index in [1.165, 1.54) is 11.8 Å². The lowest BCUT2D eigenvalue weighted by Crippen LogP contribution is -2.50. The van der Waals surface area contributed by atoms with Crippen LogP contribution in [0.3, 0.4) is 0 Å². The number of carbonyl (C=O) groups excluding carboxylic acids is 1. The first-order valence-electron chi connectivity index (χ1n) is 10.4. The lowest BCUT2D eigenvalue weighted by atomic mass is 10.0. The smallest absolute Gasteiger partial charge is 0.223 e. The predicted octanol–water partition coefficient (Wildman–Crippen LogP) is 4.38. The monoisotopic (exact) mass is 444 g/mol. The molecule has 2 N–H and O–H groups in total. The first-order chi connectivity index (χ1) is 14.5. The van der Waals surface area contributed by atoms with Gasteiger partial charge in [-0.15, -0.1) is 0 Å². The maximum atomic E-state index is 11.9. The molecule has 1 saturated heterocycles. The Kier molecular flexibility index (Phi) is 6.61. The number of rotatable bonds is 7. The fraction of sp³-hybridized carbons (Fsp3) is 0.391. The van der Waals surface area contributed by atoms with E-state index in [4.69, 9.17) is 28.6 Å². The molecule has 7 heteroatoms. The van der Waals surface area contributed by atoms with Crippen LogP contribution in [-0.2, 0) is 4.79 Å². The van der Waals surface area contributed by atoms with E-state index in [1.54, 1.807) is 0 Å². The minimum Gasteiger partial charge on any atom is -0.361 e. The molecule has 1 amide bonds. The molecule has 5 nitrogen and oxygen atoms in total. The molecule has 0 aromatic heterocycles. The fourth-order valence-electron chi connectivity index (χ4n) is 3.97. The zero-order valence-electron chi connectivity index (χ0n) is 16.8. The second-order valence-corrected chi connectivity index (χ2v) is 8.83. The first kappa shape index (κ1) is 21.2. The third-order valence-electron chi connectivity index (χ3n) is 5.84. The van der Waals surface area contributed by atoms with Gasteiger partial charge >= 0.3 is 0 Å². The van der Waals surface area contributed by atoms with Crippen LogP contribution in [0.4, 0.5) is 5.69 Å². The van der Waals surface area contributed by atoms with Crippen LogP contribution in [0.2, 0.25) is 10.0 Å². The molecule has 0 radical (unpaired) electrons. The van der Waals surface area contributed by atoms with E-state index in [0.29, 0.717) is 16.6 Å². The Morgan fingerprint density at radius 2 is 1.90 bits per heavy atom. The highest BCUT2D eigenvalue weighted by atomic mass is 35.5. The Balaban J connectivity index is 1.50. The van der Waals surface area contributed by atoms with Crippen molar-refractivity contribution in [1.29, 1.82) is 5.41 Å². The van der Waals surface area contributed by atoms with Crippen LogP contribution in [0.25, 0.3) is 0 Å². The summed E-state index contributed by atoms with van der Waals surface area (Å²) in [6.45, 7) is 4.07. The SMILES string of the molecule is N=Cc1ccc(N2CCN(CCNC(=O)C3CC3)C[C@H]2c2ccc(Cl)cc2)c(Cl)c1. The number of benzene rings is 2. The molecule has 2 fully saturated rings. The van der Waals surface area contributed by atoms with Gasteiger partial charge in [0.15, 0.2) is 0 Å². The summed E-state index contributed by atoms with van der Waals surface area (Å²) in [5.74, 6) is 0.440. The minimum atomic E-state index is 0.124. The molecule has 0 unspecified atom stereocenters. The van der Waals surface area contributed by atoms with Gasteiger partial charge in [-0.2, -0.15) is 0 Å². The Labute approximate surface area is 187 Å². The summed E-state index contributed by atoms with van der Waals surface area (Å²) < 4.78 is 0. The van der Waals surface area contributed by atoms with Gasteiger partial charge < -0.3 is 15.6 Å². The zero-order valence-corrected chi connectivity index (χ0v) is 18.3. The van der Waals surface area contributed by atoms with E-state index in [2.05, 4.69) is 27.2 Å². The van der Waals surface area contributed by atoms with Crippen molar-refractivity contribution in [2.45, 2.75) is 18.9 Å². The lowest BCUT2D eigenvalue weighted by Gasteiger charge is -2.43. The number of hydrogen-bond acceptors (Lipinski definition) is 4. The number of amides is 1. The molecule has 1 aliphatic heterocycles. The maximum absolute atomic E-state index is 11.9. The molecule has 2 aromatic carbocycles. The molecular formula is C23H26Cl2N4O. The van der Waals surface area contributed by atoms with Crippen molar-refractivity contribution < 1.29 is 4.79 Å². The second kappa shape index (κ2) is 9.38. The van der Waals surface area contributed by atoms with Gasteiger partial charge in [0.05, 0.1) is 16.8 Å². The molecule has 1 atom stereocenters. The third-order valence-corrected chi connectivity index (χ3v) is 6.40. The van der Waals surface area contributed by atoms with E-state index in [-0.39, 0.29) is 17.9 Å². The molecule has 30 heavy (non-hydrogen) atoms. The van der Waals surface area contributed by atoms with Crippen LogP contribution in [0.1, 0.15) is 30.0 Å². The highest BCUT2D eigenvalue weighted by molar-refractivity contribution is 6.33. The lowest BCUT2D eigenvalue weighted by molar-refractivity contribution is -0.122. The van der Waals surface area contributed by atoms with E-state index in [0.717, 1.165) is 50.3 Å². The molecule has 0 bridgehead atoms. The summed E-state index contributed by atoms with van der Waals surface area (Å²) in [4.78, 5) is 16.6. The number of halogens is 2. The minimum absolute atomic E-state index is 0.124. The average molecular weight is 445 g/mol. The van der Waals surface area contributed by atoms with Crippen LogP contribution in [0.15, 0.2) is 42.5 Å². The van der Waals surface area contributed by atoms with Crippen LogP contribution in [-0.4, -0.2) is 49.7 Å². The van der Waals surface area contributed by atoms with Gasteiger partial charge in [0.25, 0.3) is 0 Å². The molecule has 0 spiro atoms. The number of piperazine rings is 1. The number of anilines is 1. The van der Waals surface area contributed by atoms with Gasteiger partial charge in [-0.25, -0.2) is 0 Å². The largest absolute Gasteiger partial charge is 0.361 e. The molecule has 1 aliphatic carbocycles. The van der Waals surface area contributed by atoms with E-state index >= 15 is 0 Å². The molecule has 1 saturated carbocycles. The third kappa shape index (κ3) is 4.97. The summed E-state index contributed by atoms with van der Waals surface area (Å²) in [6, 6.07) is 13.9. The van der Waals surface area contributed by atoms with Crippen molar-refractivity contribution in [2.24, 2.45) is 5.92 Å². The van der Waals surface area contributed by atoms with Crippen molar-refractivity contribution in [1.82, 2.24) is 10.2 Å². The van der Waals surface area contributed by atoms with Gasteiger partial charge in [-0.05, 0) is 48.2 Å². The van der Waals surface area contributed by atoms with Crippen LogP contribution in [0, 0.1) is 11.3 Å². The van der Waals surface area contributed by atoms with Crippen LogP contribution < -0.4 is 10.2 Å². The van der Waals surface area contributed by atoms with Crippen LogP contribution in [0.5, 0.6) is 0 Å². The van der Waals surface area contributed by atoms with Gasteiger partial charge in [-0.3, -0.25) is 9.69 Å². The quantitative estimate of drug-likeness (QED) is 0.622. The molecule has 1 heterocycles. The summed E-state index contributed by atoms with van der Waals surface area (Å²) in [5, 5.41) is 11.9. The van der Waals surface area contributed by atoms with Gasteiger partial charge in [0.2, 0.25) is 5.91 Å². The van der Waals surface area contributed by atoms with Crippen molar-refractivity contribution in [2.75, 3.05) is 37.6 Å². The standard InChI is InChI=1S/C23H26Cl2N4O/c24-19-6-4-17(5-7-19)22-15-28(10-9-27-23(30)18-2-3-18)11-12-29(22)21-8-1-16(14-26)13-20(21)25/h1,4-8,13-14,18,22,26H,2-3,9-12,15H2,(H,27,30)/t22-/m0/s1. The van der Waals surface area contributed by atoms with Crippen molar-refractivity contribution in [3.05, 3.63) is 63.6 Å². The maximum Gasteiger partial charge on any atom is 0.223 e. The summed E-state index contributed by atoms with van der Waals surface area (Å²) >= 11 is 12.7. The molecular weight excluding hydrogens is 419 g/mol. The fourth-order valence-corrected chi connectivity index (χ4v) is 4.40. The summed E-state index contributed by atoms with van der Waals surface area (Å²) in [6.07, 6.45) is 3.36. The van der Waals surface area contributed by atoms with E-state index < -0.39 is 0 Å². The Hall–Kier alpha value is -2.08. The highest BCUT2D eigenvalue weighted by Gasteiger charge is 2.31. The predicted molar refractivity (Wildman–Crippen MR) is 123 cm³/mol. The molecule has 2 aliphatic rings. The normalized spacial score (nSPS) is 19.5. The molecule has 4 rings (SSSR count). The topological polar surface area (TPSA) is 59.4 Å². The first-order valence-corrected chi connectivity index (χ1v) is 11.1. The van der Waals surface area contributed by atoms with Crippen molar-refractivity contribution in [3.63, 3.8) is 0 Å². The number of nitrogens with zero attached hydrogens (tertiary/aromatic N) is 2. The average Bonchev–Trinajstić information content (AvgIpc) is 3.60. The number of hydrogen-bond donors (Lipinski definition) is 2. The highest BCUT2D eigenvalue weighted by Crippen LogP contribution is 2.36. The van der Waals surface area contributed by atoms with Gasteiger partial charge in [0, 0.05) is 49.9 Å². The van der Waals surface area contributed by atoms with Crippen molar-refractivity contribution >= 4 is 41.0 Å². The van der Waals surface area contributed by atoms with Gasteiger partial charge in [-0.1, -0.05) is 41.4 Å². The van der Waals surface area contributed by atoms with Gasteiger partial charge in [0.1, 0.15) is 0 Å². The Morgan fingerprint density at radius 1 is 1.13 bits per heavy atom. The zero-order chi connectivity index (χ0) is 21.1.